The van der Waals surface area contributed by atoms with Crippen molar-refractivity contribution in [1.29, 1.82) is 0 Å². The van der Waals surface area contributed by atoms with Gasteiger partial charge in [0.2, 0.25) is 0 Å². The van der Waals surface area contributed by atoms with Gasteiger partial charge >= 0.3 is 0 Å². The van der Waals surface area contributed by atoms with Gasteiger partial charge in [-0.2, -0.15) is 8.42 Å². The lowest BCUT2D eigenvalue weighted by atomic mass is 9.99. The molecule has 0 unspecified atom stereocenters. The SMILES string of the molecule is CCc1ccc(C)c2ccccc12.COS(C)(=O)=O. The molecular formula is C15H20O3S. The Morgan fingerprint density at radius 2 is 1.58 bits per heavy atom. The van der Waals surface area contributed by atoms with Crippen molar-refractivity contribution in [1.82, 2.24) is 0 Å². The number of fused-ring (bicyclic) bond motifs is 1. The van der Waals surface area contributed by atoms with E-state index in [0.29, 0.717) is 0 Å². The first kappa shape index (κ1) is 15.7. The third-order valence-corrected chi connectivity index (χ3v) is 3.52. The van der Waals surface area contributed by atoms with Crippen LogP contribution in [0.3, 0.4) is 0 Å². The zero-order chi connectivity index (χ0) is 14.5. The molecule has 0 fully saturated rings. The molecule has 0 aliphatic carbocycles. The van der Waals surface area contributed by atoms with Crippen LogP contribution in [0.25, 0.3) is 10.8 Å². The molecule has 0 saturated carbocycles. The van der Waals surface area contributed by atoms with Crippen molar-refractivity contribution in [3.8, 4) is 0 Å². The molecule has 4 heteroatoms. The molecule has 0 bridgehead atoms. The van der Waals surface area contributed by atoms with E-state index in [-0.39, 0.29) is 0 Å². The molecule has 2 aromatic carbocycles. The molecule has 0 N–H and O–H groups in total. The molecule has 0 amide bonds. The minimum Gasteiger partial charge on any atom is -0.274 e. The summed E-state index contributed by atoms with van der Waals surface area (Å²) in [6.07, 6.45) is 2.10. The molecule has 0 aromatic heterocycles. The van der Waals surface area contributed by atoms with E-state index in [4.69, 9.17) is 0 Å². The van der Waals surface area contributed by atoms with Crippen molar-refractivity contribution in [2.75, 3.05) is 13.4 Å². The molecule has 0 spiro atoms. The van der Waals surface area contributed by atoms with Gasteiger partial charge in [0, 0.05) is 0 Å². The smallest absolute Gasteiger partial charge is 0.264 e. The van der Waals surface area contributed by atoms with Crippen LogP contribution in [-0.4, -0.2) is 21.8 Å². The number of rotatable bonds is 2. The van der Waals surface area contributed by atoms with E-state index in [1.165, 1.54) is 21.9 Å². The molecule has 2 aromatic rings. The second kappa shape index (κ2) is 6.68. The highest BCUT2D eigenvalue weighted by Gasteiger charge is 1.99. The van der Waals surface area contributed by atoms with Gasteiger partial charge in [0.1, 0.15) is 0 Å². The Morgan fingerprint density at radius 3 is 2.05 bits per heavy atom. The van der Waals surface area contributed by atoms with Gasteiger partial charge in [0.25, 0.3) is 10.1 Å². The molecule has 0 atom stereocenters. The fourth-order valence-electron chi connectivity index (χ4n) is 1.82. The predicted octanol–water partition coefficient (Wildman–Crippen LogP) is 3.30. The molecule has 0 heterocycles. The summed E-state index contributed by atoms with van der Waals surface area (Å²) in [5.74, 6) is 0. The van der Waals surface area contributed by atoms with Gasteiger partial charge in [-0.3, -0.25) is 4.18 Å². The molecule has 2 rings (SSSR count). The fourth-order valence-corrected chi connectivity index (χ4v) is 1.82. The second-order valence-electron chi connectivity index (χ2n) is 4.31. The van der Waals surface area contributed by atoms with Gasteiger partial charge in [-0.05, 0) is 35.2 Å². The van der Waals surface area contributed by atoms with Gasteiger partial charge in [0.15, 0.2) is 0 Å². The Balaban J connectivity index is 0.000000258. The Hall–Kier alpha value is -1.39. The third kappa shape index (κ3) is 4.65. The van der Waals surface area contributed by atoms with Crippen LogP contribution in [0.5, 0.6) is 0 Å². The van der Waals surface area contributed by atoms with E-state index < -0.39 is 10.1 Å². The standard InChI is InChI=1S/C13H14.C2H6O3S/c1-3-11-9-8-10(2)12-6-4-5-7-13(11)12;1-5-6(2,3)4/h4-9H,3H2,1-2H3;1-2H3. The van der Waals surface area contributed by atoms with Crippen LogP contribution in [0.15, 0.2) is 36.4 Å². The summed E-state index contributed by atoms with van der Waals surface area (Å²) < 4.78 is 23.5. The summed E-state index contributed by atoms with van der Waals surface area (Å²) in [5, 5.41) is 2.80. The van der Waals surface area contributed by atoms with Crippen LogP contribution in [0.1, 0.15) is 18.1 Å². The molecule has 0 aliphatic heterocycles. The van der Waals surface area contributed by atoms with Gasteiger partial charge in [-0.1, -0.05) is 43.3 Å². The van der Waals surface area contributed by atoms with E-state index in [1.807, 2.05) is 0 Å². The van der Waals surface area contributed by atoms with Crippen LogP contribution >= 0.6 is 0 Å². The first-order valence-electron chi connectivity index (χ1n) is 6.12. The first-order valence-corrected chi connectivity index (χ1v) is 7.93. The fraction of sp³-hybridized carbons (Fsp3) is 0.333. The maximum atomic E-state index is 9.78. The summed E-state index contributed by atoms with van der Waals surface area (Å²) in [6, 6.07) is 13.1. The number of hydrogen-bond donors (Lipinski definition) is 0. The highest BCUT2D eigenvalue weighted by Crippen LogP contribution is 2.22. The Bertz CT molecular complexity index is 645. The largest absolute Gasteiger partial charge is 0.274 e. The maximum absolute atomic E-state index is 9.78. The molecule has 0 aliphatic rings. The zero-order valence-electron chi connectivity index (χ0n) is 11.8. The van der Waals surface area contributed by atoms with E-state index >= 15 is 0 Å². The Morgan fingerprint density at radius 1 is 1.05 bits per heavy atom. The lowest BCUT2D eigenvalue weighted by Crippen LogP contribution is -1.95. The molecule has 104 valence electrons. The minimum absolute atomic E-state index is 0.993. The van der Waals surface area contributed by atoms with Gasteiger partial charge in [0.05, 0.1) is 13.4 Å². The van der Waals surface area contributed by atoms with E-state index in [2.05, 4.69) is 54.4 Å². The average molecular weight is 280 g/mol. The van der Waals surface area contributed by atoms with Crippen molar-refractivity contribution in [3.63, 3.8) is 0 Å². The van der Waals surface area contributed by atoms with Crippen molar-refractivity contribution in [2.24, 2.45) is 0 Å². The Kier molecular flexibility index (Phi) is 5.51. The maximum Gasteiger partial charge on any atom is 0.264 e. The molecule has 19 heavy (non-hydrogen) atoms. The summed E-state index contributed by atoms with van der Waals surface area (Å²) in [7, 11) is -2.04. The first-order chi connectivity index (χ1) is 8.89. The lowest BCUT2D eigenvalue weighted by Gasteiger charge is -2.06. The minimum atomic E-state index is -3.16. The normalized spacial score (nSPS) is 10.9. The van der Waals surface area contributed by atoms with Gasteiger partial charge in [-0.25, -0.2) is 0 Å². The summed E-state index contributed by atoms with van der Waals surface area (Å²) in [4.78, 5) is 0. The van der Waals surface area contributed by atoms with Crippen LogP contribution in [0.4, 0.5) is 0 Å². The molecule has 0 radical (unpaired) electrons. The third-order valence-electron chi connectivity index (χ3n) is 2.92. The topological polar surface area (TPSA) is 43.4 Å². The van der Waals surface area contributed by atoms with Crippen LogP contribution < -0.4 is 0 Å². The van der Waals surface area contributed by atoms with E-state index in [0.717, 1.165) is 19.8 Å². The number of hydrogen-bond acceptors (Lipinski definition) is 3. The second-order valence-corrected chi connectivity index (χ2v) is 6.05. The summed E-state index contributed by atoms with van der Waals surface area (Å²) in [6.45, 7) is 4.37. The molecular weight excluding hydrogens is 260 g/mol. The average Bonchev–Trinajstić information content (AvgIpc) is 2.39. The van der Waals surface area contributed by atoms with Crippen molar-refractivity contribution in [3.05, 3.63) is 47.5 Å². The molecule has 0 saturated heterocycles. The van der Waals surface area contributed by atoms with Crippen LogP contribution in [-0.2, 0) is 20.7 Å². The highest BCUT2D eigenvalue weighted by atomic mass is 32.2. The van der Waals surface area contributed by atoms with Crippen molar-refractivity contribution in [2.45, 2.75) is 20.3 Å². The molecule has 3 nitrogen and oxygen atoms in total. The quantitative estimate of drug-likeness (QED) is 0.793. The Labute approximate surface area is 115 Å². The summed E-state index contributed by atoms with van der Waals surface area (Å²) in [5.41, 5.74) is 2.81. The van der Waals surface area contributed by atoms with Crippen LogP contribution in [0.2, 0.25) is 0 Å². The lowest BCUT2D eigenvalue weighted by molar-refractivity contribution is 0.403. The van der Waals surface area contributed by atoms with Gasteiger partial charge in [-0.15, -0.1) is 0 Å². The van der Waals surface area contributed by atoms with E-state index in [1.54, 1.807) is 0 Å². The number of benzene rings is 2. The van der Waals surface area contributed by atoms with Gasteiger partial charge < -0.3 is 0 Å². The monoisotopic (exact) mass is 280 g/mol. The zero-order valence-corrected chi connectivity index (χ0v) is 12.6. The number of aryl methyl sites for hydroxylation is 2. The predicted molar refractivity (Wildman–Crippen MR) is 79.9 cm³/mol. The van der Waals surface area contributed by atoms with Crippen LogP contribution in [0, 0.1) is 6.92 Å². The highest BCUT2D eigenvalue weighted by molar-refractivity contribution is 7.85. The van der Waals surface area contributed by atoms with Crippen molar-refractivity contribution >= 4 is 20.9 Å². The van der Waals surface area contributed by atoms with E-state index in [9.17, 15) is 8.42 Å². The van der Waals surface area contributed by atoms with Crippen molar-refractivity contribution < 1.29 is 12.6 Å². The summed E-state index contributed by atoms with van der Waals surface area (Å²) >= 11 is 0.